The Morgan fingerprint density at radius 1 is 0.774 bits per heavy atom. The Bertz CT molecular complexity index is 805. The molecule has 2 fully saturated rings. The number of morpholine rings is 1. The van der Waals surface area contributed by atoms with Crippen LogP contribution in [0.1, 0.15) is 23.5 Å². The molecule has 0 bridgehead atoms. The van der Waals surface area contributed by atoms with Crippen LogP contribution in [0.4, 0.5) is 0 Å². The van der Waals surface area contributed by atoms with Gasteiger partial charge in [0, 0.05) is 25.4 Å². The second-order valence-electron chi connectivity index (χ2n) is 8.38. The van der Waals surface area contributed by atoms with E-state index in [0.717, 1.165) is 13.1 Å². The van der Waals surface area contributed by atoms with Gasteiger partial charge in [0.05, 0.1) is 39.4 Å². The van der Waals surface area contributed by atoms with Crippen LogP contribution in [0.25, 0.3) is 0 Å². The van der Waals surface area contributed by atoms with Crippen molar-refractivity contribution < 1.29 is 19.2 Å². The molecule has 0 spiro atoms. The molecule has 2 heterocycles. The number of hydrogen-bond acceptors (Lipinski definition) is 3. The molecule has 0 atom stereocenters. The van der Waals surface area contributed by atoms with Gasteiger partial charge in [0.1, 0.15) is 0 Å². The lowest BCUT2D eigenvalue weighted by Crippen LogP contribution is -3.15. The first-order valence-electron chi connectivity index (χ1n) is 11.3. The number of quaternary nitrogens is 1. The number of nitrogens with one attached hydrogen (secondary N) is 1. The quantitative estimate of drug-likeness (QED) is 0.749. The average molecular weight is 423 g/mol. The molecule has 4 rings (SSSR count). The summed E-state index contributed by atoms with van der Waals surface area (Å²) in [6.07, 6.45) is 0.468. The van der Waals surface area contributed by atoms with Crippen molar-refractivity contribution in [2.45, 2.75) is 12.3 Å². The Hall–Kier alpha value is -2.70. The molecule has 0 saturated carbocycles. The van der Waals surface area contributed by atoms with Crippen molar-refractivity contribution in [3.63, 3.8) is 0 Å². The SMILES string of the molecule is O=C(CC(c1ccccc1)c1ccccc1)N1CC[NH+](CC(=O)N2CCOCC2)CC1. The Kier molecular flexibility index (Phi) is 7.33. The monoisotopic (exact) mass is 422 g/mol. The van der Waals surface area contributed by atoms with Gasteiger partial charge in [-0.05, 0) is 11.1 Å². The number of piperazine rings is 1. The van der Waals surface area contributed by atoms with E-state index in [4.69, 9.17) is 4.74 Å². The van der Waals surface area contributed by atoms with Crippen LogP contribution >= 0.6 is 0 Å². The van der Waals surface area contributed by atoms with E-state index in [-0.39, 0.29) is 17.7 Å². The Balaban J connectivity index is 1.32. The van der Waals surface area contributed by atoms with Crippen molar-refractivity contribution in [2.24, 2.45) is 0 Å². The molecule has 164 valence electrons. The van der Waals surface area contributed by atoms with Gasteiger partial charge in [0.2, 0.25) is 5.91 Å². The molecule has 2 saturated heterocycles. The van der Waals surface area contributed by atoms with Crippen LogP contribution in [0.5, 0.6) is 0 Å². The van der Waals surface area contributed by atoms with E-state index in [1.807, 2.05) is 46.2 Å². The molecule has 2 aromatic rings. The molecule has 6 nitrogen and oxygen atoms in total. The fourth-order valence-electron chi connectivity index (χ4n) is 4.49. The Morgan fingerprint density at radius 3 is 1.84 bits per heavy atom. The van der Waals surface area contributed by atoms with E-state index in [9.17, 15) is 9.59 Å². The number of carbonyl (C=O) groups is 2. The minimum Gasteiger partial charge on any atom is -0.378 e. The minimum atomic E-state index is 0.0585. The molecule has 2 amide bonds. The van der Waals surface area contributed by atoms with E-state index in [0.29, 0.717) is 52.4 Å². The van der Waals surface area contributed by atoms with E-state index in [1.165, 1.54) is 16.0 Å². The molecule has 31 heavy (non-hydrogen) atoms. The fraction of sp³-hybridized carbons (Fsp3) is 0.440. The molecule has 2 aromatic carbocycles. The zero-order valence-electron chi connectivity index (χ0n) is 18.0. The van der Waals surface area contributed by atoms with Crippen LogP contribution in [0.15, 0.2) is 60.7 Å². The topological polar surface area (TPSA) is 54.3 Å². The number of ether oxygens (including phenoxy) is 1. The van der Waals surface area contributed by atoms with Gasteiger partial charge in [0.15, 0.2) is 6.54 Å². The lowest BCUT2D eigenvalue weighted by atomic mass is 9.88. The number of hydrogen-bond donors (Lipinski definition) is 1. The summed E-state index contributed by atoms with van der Waals surface area (Å²) in [5.41, 5.74) is 2.34. The van der Waals surface area contributed by atoms with Crippen molar-refractivity contribution in [3.05, 3.63) is 71.8 Å². The van der Waals surface area contributed by atoms with E-state index >= 15 is 0 Å². The van der Waals surface area contributed by atoms with Gasteiger partial charge in [-0.15, -0.1) is 0 Å². The number of amides is 2. The zero-order chi connectivity index (χ0) is 21.5. The van der Waals surface area contributed by atoms with Gasteiger partial charge >= 0.3 is 0 Å². The van der Waals surface area contributed by atoms with E-state index in [2.05, 4.69) is 24.3 Å². The number of carbonyl (C=O) groups excluding carboxylic acids is 2. The normalized spacial score (nSPS) is 17.7. The predicted molar refractivity (Wildman–Crippen MR) is 119 cm³/mol. The molecule has 1 N–H and O–H groups in total. The summed E-state index contributed by atoms with van der Waals surface area (Å²) in [4.78, 5) is 30.8. The standard InChI is InChI=1S/C25H31N3O3/c29-24(19-23(21-7-3-1-4-8-21)22-9-5-2-6-10-22)27-13-11-26(12-14-27)20-25(30)28-15-17-31-18-16-28/h1-10,23H,11-20H2/p+1. The summed E-state index contributed by atoms with van der Waals surface area (Å²) < 4.78 is 5.33. The summed E-state index contributed by atoms with van der Waals surface area (Å²) in [6, 6.07) is 20.5. The van der Waals surface area contributed by atoms with Crippen molar-refractivity contribution in [1.29, 1.82) is 0 Å². The van der Waals surface area contributed by atoms with E-state index < -0.39 is 0 Å². The lowest BCUT2D eigenvalue weighted by molar-refractivity contribution is -0.896. The van der Waals surface area contributed by atoms with E-state index in [1.54, 1.807) is 0 Å². The summed E-state index contributed by atoms with van der Waals surface area (Å²) in [7, 11) is 0. The molecule has 2 aliphatic rings. The number of nitrogens with zero attached hydrogens (tertiary/aromatic N) is 2. The van der Waals surface area contributed by atoms with Gasteiger partial charge in [-0.1, -0.05) is 60.7 Å². The average Bonchev–Trinajstić information content (AvgIpc) is 2.84. The molecular weight excluding hydrogens is 390 g/mol. The predicted octanol–water partition coefficient (Wildman–Crippen LogP) is 0.795. The Labute approximate surface area is 184 Å². The third-order valence-electron chi connectivity index (χ3n) is 6.37. The maximum absolute atomic E-state index is 13.2. The third-order valence-corrected chi connectivity index (χ3v) is 6.37. The summed E-state index contributed by atoms with van der Waals surface area (Å²) in [5.74, 6) is 0.450. The van der Waals surface area contributed by atoms with Gasteiger partial charge in [-0.3, -0.25) is 9.59 Å². The highest BCUT2D eigenvalue weighted by molar-refractivity contribution is 5.78. The smallest absolute Gasteiger partial charge is 0.277 e. The second-order valence-corrected chi connectivity index (χ2v) is 8.38. The van der Waals surface area contributed by atoms with Crippen LogP contribution < -0.4 is 4.90 Å². The van der Waals surface area contributed by atoms with Gasteiger partial charge in [-0.2, -0.15) is 0 Å². The molecular formula is C25H32N3O3+. The van der Waals surface area contributed by atoms with Crippen LogP contribution in [0.2, 0.25) is 0 Å². The highest BCUT2D eigenvalue weighted by Crippen LogP contribution is 2.28. The highest BCUT2D eigenvalue weighted by atomic mass is 16.5. The van der Waals surface area contributed by atoms with Crippen molar-refractivity contribution in [1.82, 2.24) is 9.80 Å². The molecule has 0 aliphatic carbocycles. The van der Waals surface area contributed by atoms with Gasteiger partial charge < -0.3 is 19.4 Å². The fourth-order valence-corrected chi connectivity index (χ4v) is 4.49. The van der Waals surface area contributed by atoms with Gasteiger partial charge in [-0.25, -0.2) is 0 Å². The zero-order valence-corrected chi connectivity index (χ0v) is 18.0. The summed E-state index contributed by atoms with van der Waals surface area (Å²) in [5, 5.41) is 0. The molecule has 6 heteroatoms. The number of benzene rings is 2. The summed E-state index contributed by atoms with van der Waals surface area (Å²) >= 11 is 0. The van der Waals surface area contributed by atoms with Gasteiger partial charge in [0.25, 0.3) is 5.91 Å². The minimum absolute atomic E-state index is 0.0585. The number of rotatable bonds is 6. The Morgan fingerprint density at radius 2 is 1.29 bits per heavy atom. The maximum Gasteiger partial charge on any atom is 0.277 e. The highest BCUT2D eigenvalue weighted by Gasteiger charge is 2.29. The molecule has 0 radical (unpaired) electrons. The second kappa shape index (κ2) is 10.6. The molecule has 0 unspecified atom stereocenters. The van der Waals surface area contributed by atoms with Crippen LogP contribution in [0.3, 0.4) is 0 Å². The first-order valence-corrected chi connectivity index (χ1v) is 11.3. The van der Waals surface area contributed by atoms with Crippen LogP contribution in [-0.4, -0.2) is 80.6 Å². The lowest BCUT2D eigenvalue weighted by Gasteiger charge is -2.34. The summed E-state index contributed by atoms with van der Waals surface area (Å²) in [6.45, 7) is 6.22. The largest absolute Gasteiger partial charge is 0.378 e. The molecule has 2 aliphatic heterocycles. The molecule has 0 aromatic heterocycles. The van der Waals surface area contributed by atoms with Crippen molar-refractivity contribution in [2.75, 3.05) is 59.0 Å². The van der Waals surface area contributed by atoms with Crippen LogP contribution in [-0.2, 0) is 14.3 Å². The van der Waals surface area contributed by atoms with Crippen LogP contribution in [0, 0.1) is 0 Å². The maximum atomic E-state index is 13.2. The van der Waals surface area contributed by atoms with Crippen molar-refractivity contribution >= 4 is 11.8 Å². The first kappa shape index (κ1) is 21.5. The first-order chi connectivity index (χ1) is 15.2. The third kappa shape index (κ3) is 5.71. The van der Waals surface area contributed by atoms with Crippen molar-refractivity contribution in [3.8, 4) is 0 Å².